The average Bonchev–Trinajstić information content (AvgIpc) is 0.848. The molecule has 12 rings (SSSR count). The second-order valence-electron chi connectivity index (χ2n) is 26.0. The number of hydrogen-bond donors (Lipinski definition) is 12. The molecule has 0 fully saturated rings. The fourth-order valence-electron chi connectivity index (χ4n) is 11.4. The van der Waals surface area contributed by atoms with Crippen LogP contribution in [0.2, 0.25) is 0 Å². The maximum Gasteiger partial charge on any atom is 0.145 e. The third-order valence-corrected chi connectivity index (χ3v) is 18.0. The van der Waals surface area contributed by atoms with Crippen LogP contribution in [0.5, 0.6) is 46.0 Å². The molecule has 2 radical (unpaired) electrons. The molecule has 12 aromatic carbocycles. The standard InChI is InChI=1S/4C22H24N6O2.2Co/c2*1-3-28(4-2)18-9-10-19(22(30)14-18)26-27-20-13-17(8-11-21(20)29)25-24-16-7-5-6-15(23)12-16;2*1-3-28(4-2)16-10-11-19(22(30)14-16)26-27-20-13-15(9-12-21(20)29)24-25-18-8-6-5-7-17(18)23;;/h4*5-14,29-30H,3-4,23H2,1-2H3;;. The molecule has 34 heteroatoms. The number of azo groups is 8. The Kier molecular flexibility index (Phi) is 36.8. The van der Waals surface area contributed by atoms with Crippen LogP contribution < -0.4 is 42.5 Å². The van der Waals surface area contributed by atoms with E-state index in [2.05, 4.69) is 101 Å². The van der Waals surface area contributed by atoms with E-state index >= 15 is 0 Å². The quantitative estimate of drug-likeness (QED) is 0.0160. The van der Waals surface area contributed by atoms with Gasteiger partial charge >= 0.3 is 0 Å². The fourth-order valence-corrected chi connectivity index (χ4v) is 11.4. The van der Waals surface area contributed by atoms with E-state index in [1.165, 1.54) is 24.3 Å². The molecule has 0 aliphatic carbocycles. The molecule has 0 atom stereocenters. The Hall–Kier alpha value is -14.7. The Bertz CT molecular complexity index is 5360. The van der Waals surface area contributed by atoms with Crippen LogP contribution in [0, 0.1) is 0 Å². The Balaban J connectivity index is 0.000000223. The zero-order valence-electron chi connectivity index (χ0n) is 68.2. The van der Waals surface area contributed by atoms with Crippen molar-refractivity contribution in [3.05, 3.63) is 243 Å². The number of aromatic hydroxyl groups is 8. The van der Waals surface area contributed by atoms with Gasteiger partial charge in [-0.3, -0.25) is 0 Å². The predicted molar refractivity (Wildman–Crippen MR) is 476 cm³/mol. The number of nitrogen functional groups attached to an aromatic ring is 4. The molecule has 0 spiro atoms. The molecule has 122 heavy (non-hydrogen) atoms. The van der Waals surface area contributed by atoms with E-state index in [-0.39, 0.29) is 102 Å². The summed E-state index contributed by atoms with van der Waals surface area (Å²) in [6.07, 6.45) is 0. The van der Waals surface area contributed by atoms with Gasteiger partial charge in [-0.1, -0.05) is 36.4 Å². The van der Waals surface area contributed by atoms with Crippen molar-refractivity contribution in [2.45, 2.75) is 55.4 Å². The van der Waals surface area contributed by atoms with E-state index in [9.17, 15) is 40.9 Å². The maximum absolute atomic E-state index is 10.3. The van der Waals surface area contributed by atoms with Crippen LogP contribution in [-0.4, -0.2) is 93.2 Å². The van der Waals surface area contributed by atoms with Crippen LogP contribution >= 0.6 is 0 Å². The minimum absolute atomic E-state index is 0. The number of phenolic OH excluding ortho intramolecular Hbond substituents is 8. The second-order valence-corrected chi connectivity index (χ2v) is 26.0. The monoisotopic (exact) mass is 1730 g/mol. The van der Waals surface area contributed by atoms with Crippen LogP contribution in [0.25, 0.3) is 0 Å². The molecule has 0 aromatic heterocycles. The molecule has 0 heterocycles. The summed E-state index contributed by atoms with van der Waals surface area (Å²) in [6, 6.07) is 67.6. The van der Waals surface area contributed by atoms with Crippen LogP contribution in [0.4, 0.5) is 136 Å². The summed E-state index contributed by atoms with van der Waals surface area (Å²) in [4.78, 5) is 8.45. The van der Waals surface area contributed by atoms with E-state index in [1.54, 1.807) is 170 Å². The number of nitrogens with zero attached hydrogens (tertiary/aromatic N) is 20. The number of benzene rings is 12. The molecule has 12 aromatic rings. The SMILES string of the molecule is CCN(CC)c1ccc(N=Nc2cc(N=Nc3cccc(N)c3)ccc2O)c(O)c1.CCN(CC)c1ccc(N=Nc2cc(N=Nc3cccc(N)c3)ccc2O)c(O)c1.CCN(CC)c1ccc(N=Nc2cc(N=Nc3ccccc3N)ccc2O)c(O)c1.CCN(CC)c1ccc(N=Nc2cc(N=Nc3ccccc3N)ccc2O)c(O)c1.[Co].[Co]. The third-order valence-electron chi connectivity index (χ3n) is 18.0. The van der Waals surface area contributed by atoms with Crippen molar-refractivity contribution in [3.63, 3.8) is 0 Å². The van der Waals surface area contributed by atoms with Gasteiger partial charge in [0.15, 0.2) is 0 Å². The van der Waals surface area contributed by atoms with E-state index in [0.29, 0.717) is 91.0 Å². The van der Waals surface area contributed by atoms with Crippen molar-refractivity contribution in [2.24, 2.45) is 81.8 Å². The molecular weight excluding hydrogens is 1640 g/mol. The van der Waals surface area contributed by atoms with E-state index < -0.39 is 0 Å². The van der Waals surface area contributed by atoms with Crippen LogP contribution in [0.15, 0.2) is 324 Å². The molecule has 634 valence electrons. The first-order valence-corrected chi connectivity index (χ1v) is 38.4. The summed E-state index contributed by atoms with van der Waals surface area (Å²) < 4.78 is 0. The summed E-state index contributed by atoms with van der Waals surface area (Å²) in [5.74, 6) is -0.175. The Morgan fingerprint density at radius 1 is 0.197 bits per heavy atom. The van der Waals surface area contributed by atoms with Crippen molar-refractivity contribution in [2.75, 3.05) is 94.9 Å². The fraction of sp³-hybridized carbons (Fsp3) is 0.182. The van der Waals surface area contributed by atoms with Gasteiger partial charge in [-0.05, 0) is 237 Å². The number of para-hydroxylation sites is 2. The zero-order chi connectivity index (χ0) is 86.0. The summed E-state index contributed by atoms with van der Waals surface area (Å²) in [5.41, 5.74) is 35.3. The van der Waals surface area contributed by atoms with Gasteiger partial charge in [-0.2, -0.15) is 30.7 Å². The molecule has 0 saturated carbocycles. The molecule has 0 bridgehead atoms. The van der Waals surface area contributed by atoms with E-state index in [4.69, 9.17) is 22.9 Å². The number of rotatable bonds is 28. The van der Waals surface area contributed by atoms with Gasteiger partial charge in [0.2, 0.25) is 0 Å². The summed E-state index contributed by atoms with van der Waals surface area (Å²) in [5, 5.41) is 147. The molecule has 0 amide bonds. The van der Waals surface area contributed by atoms with Crippen molar-refractivity contribution < 1.29 is 74.4 Å². The van der Waals surface area contributed by atoms with Crippen LogP contribution in [0.1, 0.15) is 55.4 Å². The molecule has 32 nitrogen and oxygen atoms in total. The van der Waals surface area contributed by atoms with E-state index in [1.807, 2.05) is 104 Å². The topological polar surface area (TPSA) is 477 Å². The van der Waals surface area contributed by atoms with Gasteiger partial charge < -0.3 is 83.4 Å². The van der Waals surface area contributed by atoms with Crippen molar-refractivity contribution in [1.29, 1.82) is 0 Å². The number of phenols is 8. The van der Waals surface area contributed by atoms with Crippen LogP contribution in [-0.2, 0) is 33.6 Å². The van der Waals surface area contributed by atoms with E-state index in [0.717, 1.165) is 75.1 Å². The maximum atomic E-state index is 10.3. The normalized spacial score (nSPS) is 11.2. The van der Waals surface area contributed by atoms with Gasteiger partial charge in [-0.25, -0.2) is 0 Å². The number of anilines is 8. The average molecular weight is 1740 g/mol. The van der Waals surface area contributed by atoms with Gasteiger partial charge in [0.05, 0.1) is 45.5 Å². The van der Waals surface area contributed by atoms with Crippen molar-refractivity contribution >= 4 is 136 Å². The molecule has 0 aliphatic heterocycles. The van der Waals surface area contributed by atoms with Gasteiger partial charge in [0, 0.05) is 144 Å². The second kappa shape index (κ2) is 47.6. The minimum Gasteiger partial charge on any atom is -0.506 e. The number of nitrogens with two attached hydrogens (primary N) is 4. The predicted octanol–water partition coefficient (Wildman–Crippen LogP) is 25.4. The molecular formula is C88H96Co2N24O8. The molecule has 0 saturated heterocycles. The summed E-state index contributed by atoms with van der Waals surface area (Å²) >= 11 is 0. The first kappa shape index (κ1) is 94.4. The van der Waals surface area contributed by atoms with Gasteiger partial charge in [0.1, 0.15) is 103 Å². The van der Waals surface area contributed by atoms with Crippen LogP contribution in [0.3, 0.4) is 0 Å². The Labute approximate surface area is 727 Å². The largest absolute Gasteiger partial charge is 0.506 e. The Morgan fingerprint density at radius 2 is 0.410 bits per heavy atom. The van der Waals surface area contributed by atoms with Gasteiger partial charge in [-0.15, -0.1) is 51.1 Å². The third kappa shape index (κ3) is 27.7. The Morgan fingerprint density at radius 3 is 0.631 bits per heavy atom. The number of hydrogen-bond acceptors (Lipinski definition) is 32. The zero-order valence-corrected chi connectivity index (χ0v) is 70.3. The van der Waals surface area contributed by atoms with Gasteiger partial charge in [0.25, 0.3) is 0 Å². The first-order chi connectivity index (χ1) is 58.0. The smallest absolute Gasteiger partial charge is 0.145 e. The molecule has 0 unspecified atom stereocenters. The molecule has 16 N–H and O–H groups in total. The van der Waals surface area contributed by atoms with Crippen molar-refractivity contribution in [1.82, 2.24) is 0 Å². The van der Waals surface area contributed by atoms with Crippen molar-refractivity contribution in [3.8, 4) is 46.0 Å². The minimum atomic E-state index is -0.0591. The summed E-state index contributed by atoms with van der Waals surface area (Å²) in [7, 11) is 0. The first-order valence-electron chi connectivity index (χ1n) is 38.4. The summed E-state index contributed by atoms with van der Waals surface area (Å²) in [6.45, 7) is 23.1. The molecule has 0 aliphatic rings.